The van der Waals surface area contributed by atoms with Gasteiger partial charge in [-0.25, -0.2) is 0 Å². The molecule has 7 rings (SSSR count). The molecule has 65 heavy (non-hydrogen) atoms. The number of nitrogens with one attached hydrogen (secondary N) is 3. The number of hydrogen-bond donors (Lipinski definition) is 3. The summed E-state index contributed by atoms with van der Waals surface area (Å²) in [6.45, 7) is 8.67. The predicted octanol–water partition coefficient (Wildman–Crippen LogP) is 2.97. The van der Waals surface area contributed by atoms with E-state index in [1.54, 1.807) is 11.3 Å². The van der Waals surface area contributed by atoms with E-state index in [2.05, 4.69) is 40.0 Å². The number of rotatable bonds is 22. The van der Waals surface area contributed by atoms with Gasteiger partial charge in [-0.2, -0.15) is 0 Å². The summed E-state index contributed by atoms with van der Waals surface area (Å²) in [5.41, 5.74) is 3.82. The Balaban J connectivity index is 0.717. The van der Waals surface area contributed by atoms with Crippen molar-refractivity contribution in [2.75, 3.05) is 72.6 Å². The zero-order chi connectivity index (χ0) is 46.0. The minimum Gasteiger partial charge on any atom is -0.483 e. The molecule has 0 radical (unpaired) electrons. The molecule has 344 valence electrons. The Bertz CT molecular complexity index is 2470. The Morgan fingerprint density at radius 1 is 0.815 bits per heavy atom. The number of carbonyl (C=O) groups excluding carboxylic acids is 6. The molecule has 1 unspecified atom stereocenters. The second-order valence-corrected chi connectivity index (χ2v) is 16.8. The highest BCUT2D eigenvalue weighted by Crippen LogP contribution is 2.40. The molecule has 3 aliphatic heterocycles. The fraction of sp³-hybridized carbons (Fsp3) is 0.432. The molecule has 0 aliphatic carbocycles. The molecule has 0 spiro atoms. The number of halogens is 1. The summed E-state index contributed by atoms with van der Waals surface area (Å²) in [4.78, 5) is 82.8. The number of nitrogens with zero attached hydrogens (tertiary/aromatic N) is 5. The van der Waals surface area contributed by atoms with Gasteiger partial charge in [0, 0.05) is 40.5 Å². The maximum atomic E-state index is 13.2. The van der Waals surface area contributed by atoms with E-state index in [1.807, 2.05) is 35.8 Å². The van der Waals surface area contributed by atoms with E-state index < -0.39 is 48.2 Å². The quantitative estimate of drug-likeness (QED) is 0.0762. The third-order valence-electron chi connectivity index (χ3n) is 10.8. The monoisotopic (exact) mass is 932 g/mol. The lowest BCUT2D eigenvalue weighted by molar-refractivity contribution is -0.136. The van der Waals surface area contributed by atoms with Gasteiger partial charge in [0.25, 0.3) is 17.7 Å². The van der Waals surface area contributed by atoms with E-state index in [0.29, 0.717) is 63.6 Å². The summed E-state index contributed by atoms with van der Waals surface area (Å²) >= 11 is 7.86. The number of aliphatic imine (C=N–C) groups is 1. The average molecular weight is 933 g/mol. The first-order valence-electron chi connectivity index (χ1n) is 21.1. The van der Waals surface area contributed by atoms with Crippen LogP contribution in [0, 0.1) is 20.8 Å². The lowest BCUT2D eigenvalue weighted by atomic mass is 9.99. The summed E-state index contributed by atoms with van der Waals surface area (Å²) in [5, 5.41) is 18.1. The number of amides is 6. The molecule has 0 saturated carbocycles. The standard InChI is InChI=1S/C44H49ClN8O11S/c1-25-26(2)65-44-37(25)39(28-7-9-29(45)10-8-28)48-31(40-51-50-27(3)52(40)44)23-35(55)46-13-15-60-17-19-62-21-22-63-20-18-61-16-14-47-36(56)24-64-33-6-4-5-30-38(33)43(59)53(42(30)58)32-11-12-34(54)49-41(32)57/h4-10,31-32H,11-24H2,1-3H3,(H,46,55)(H,47,56)(H,49,54,57)/t31-,32?/m0/s1. The molecular weight excluding hydrogens is 884 g/mol. The minimum absolute atomic E-state index is 0.00246. The van der Waals surface area contributed by atoms with Gasteiger partial charge in [-0.3, -0.25) is 48.5 Å². The smallest absolute Gasteiger partial charge is 0.266 e. The fourth-order valence-corrected chi connectivity index (χ4v) is 8.81. The SMILES string of the molecule is Cc1sc2c(c1C)C(c1ccc(Cl)cc1)=N[C@@H](CC(=O)NCCOCCOCCOCCOCCNC(=O)COc1cccc3c1C(=O)N(C1CCC(=O)NC1=O)C3=O)c1nnc(C)n1-2. The molecule has 19 nitrogen and oxygen atoms in total. The van der Waals surface area contributed by atoms with Gasteiger partial charge in [0.05, 0.1) is 76.1 Å². The summed E-state index contributed by atoms with van der Waals surface area (Å²) < 4.78 is 29.8. The van der Waals surface area contributed by atoms with Crippen LogP contribution in [0.1, 0.15) is 79.2 Å². The van der Waals surface area contributed by atoms with Crippen LogP contribution in [0.4, 0.5) is 0 Å². The largest absolute Gasteiger partial charge is 0.483 e. The molecule has 2 atom stereocenters. The van der Waals surface area contributed by atoms with Crippen LogP contribution in [-0.4, -0.2) is 139 Å². The number of thiophene rings is 1. The van der Waals surface area contributed by atoms with Gasteiger partial charge in [-0.05, 0) is 57.0 Å². The fourth-order valence-electron chi connectivity index (χ4n) is 7.47. The van der Waals surface area contributed by atoms with Gasteiger partial charge in [0.15, 0.2) is 12.4 Å². The van der Waals surface area contributed by atoms with Gasteiger partial charge in [0.2, 0.25) is 17.7 Å². The van der Waals surface area contributed by atoms with Crippen molar-refractivity contribution < 1.29 is 52.5 Å². The molecule has 6 amide bonds. The molecule has 2 aromatic heterocycles. The van der Waals surface area contributed by atoms with E-state index in [9.17, 15) is 28.8 Å². The molecule has 1 saturated heterocycles. The highest BCUT2D eigenvalue weighted by Gasteiger charge is 2.46. The van der Waals surface area contributed by atoms with Crippen LogP contribution in [0.5, 0.6) is 5.75 Å². The third kappa shape index (κ3) is 11.1. The molecule has 5 heterocycles. The second-order valence-electron chi connectivity index (χ2n) is 15.2. The number of piperidine rings is 1. The van der Waals surface area contributed by atoms with Crippen molar-refractivity contribution in [2.45, 2.75) is 52.1 Å². The van der Waals surface area contributed by atoms with Crippen LogP contribution in [0.25, 0.3) is 5.00 Å². The van der Waals surface area contributed by atoms with E-state index in [-0.39, 0.29) is 55.2 Å². The first-order chi connectivity index (χ1) is 31.4. The molecular formula is C44H49ClN8O11S. The minimum atomic E-state index is -1.11. The van der Waals surface area contributed by atoms with Gasteiger partial charge in [-0.15, -0.1) is 21.5 Å². The molecule has 2 aromatic carbocycles. The van der Waals surface area contributed by atoms with E-state index in [4.69, 9.17) is 40.3 Å². The molecule has 4 aromatic rings. The summed E-state index contributed by atoms with van der Waals surface area (Å²) in [7, 11) is 0. The molecule has 0 bridgehead atoms. The maximum absolute atomic E-state index is 13.2. The van der Waals surface area contributed by atoms with Crippen molar-refractivity contribution in [3.05, 3.63) is 91.8 Å². The lowest BCUT2D eigenvalue weighted by Gasteiger charge is -2.27. The van der Waals surface area contributed by atoms with Gasteiger partial charge in [-0.1, -0.05) is 29.8 Å². The van der Waals surface area contributed by atoms with Gasteiger partial charge in [0.1, 0.15) is 28.7 Å². The molecule has 1 fully saturated rings. The van der Waals surface area contributed by atoms with E-state index in [0.717, 1.165) is 38.1 Å². The summed E-state index contributed by atoms with van der Waals surface area (Å²) in [5.74, 6) is -1.87. The van der Waals surface area contributed by atoms with Crippen LogP contribution in [-0.2, 0) is 38.1 Å². The number of fused-ring (bicyclic) bond motifs is 4. The van der Waals surface area contributed by atoms with Crippen molar-refractivity contribution in [1.82, 2.24) is 35.6 Å². The van der Waals surface area contributed by atoms with Crippen LogP contribution in [0.3, 0.4) is 0 Å². The Labute approximate surface area is 383 Å². The van der Waals surface area contributed by atoms with Crippen molar-refractivity contribution in [3.8, 4) is 10.8 Å². The van der Waals surface area contributed by atoms with Gasteiger partial charge >= 0.3 is 0 Å². The Kier molecular flexibility index (Phi) is 15.8. The van der Waals surface area contributed by atoms with Crippen molar-refractivity contribution in [2.24, 2.45) is 4.99 Å². The lowest BCUT2D eigenvalue weighted by Crippen LogP contribution is -2.54. The summed E-state index contributed by atoms with van der Waals surface area (Å²) in [6.07, 6.45) is 0.106. The molecule has 3 aliphatic rings. The predicted molar refractivity (Wildman–Crippen MR) is 236 cm³/mol. The second kappa shape index (κ2) is 21.9. The zero-order valence-corrected chi connectivity index (χ0v) is 37.7. The normalized spacial score (nSPS) is 16.7. The maximum Gasteiger partial charge on any atom is 0.266 e. The highest BCUT2D eigenvalue weighted by molar-refractivity contribution is 7.15. The number of carbonyl (C=O) groups is 6. The number of aryl methyl sites for hydroxylation is 2. The van der Waals surface area contributed by atoms with Gasteiger partial charge < -0.3 is 34.3 Å². The third-order valence-corrected chi connectivity index (χ3v) is 12.2. The summed E-state index contributed by atoms with van der Waals surface area (Å²) in [6, 6.07) is 10.3. The number of hydrogen-bond acceptors (Lipinski definition) is 15. The average Bonchev–Trinajstić information content (AvgIpc) is 3.86. The van der Waals surface area contributed by atoms with Crippen LogP contribution >= 0.6 is 22.9 Å². The topological polar surface area (TPSA) is 231 Å². The molecule has 21 heteroatoms. The number of imide groups is 2. The zero-order valence-electron chi connectivity index (χ0n) is 36.1. The van der Waals surface area contributed by atoms with E-state index >= 15 is 0 Å². The van der Waals surface area contributed by atoms with Crippen molar-refractivity contribution >= 4 is 64.1 Å². The number of benzene rings is 2. The number of aromatic nitrogens is 3. The highest BCUT2D eigenvalue weighted by atomic mass is 35.5. The van der Waals surface area contributed by atoms with Crippen molar-refractivity contribution in [1.29, 1.82) is 0 Å². The van der Waals surface area contributed by atoms with Crippen LogP contribution in [0.2, 0.25) is 5.02 Å². The van der Waals surface area contributed by atoms with E-state index in [1.165, 1.54) is 23.1 Å². The van der Waals surface area contributed by atoms with Crippen LogP contribution in [0.15, 0.2) is 47.5 Å². The first-order valence-corrected chi connectivity index (χ1v) is 22.3. The van der Waals surface area contributed by atoms with Crippen LogP contribution < -0.4 is 20.7 Å². The Hall–Kier alpha value is -5.90. The number of ether oxygens (including phenoxy) is 5. The Morgan fingerprint density at radius 3 is 2.12 bits per heavy atom. The Morgan fingerprint density at radius 2 is 1.46 bits per heavy atom. The van der Waals surface area contributed by atoms with Crippen molar-refractivity contribution in [3.63, 3.8) is 0 Å². The molecule has 3 N–H and O–H groups in total. The first kappa shape index (κ1) is 47.1.